The fourth-order valence-corrected chi connectivity index (χ4v) is 2.07. The molecule has 0 bridgehead atoms. The number of rotatable bonds is 5. The summed E-state index contributed by atoms with van der Waals surface area (Å²) in [5.41, 5.74) is 0.891. The predicted molar refractivity (Wildman–Crippen MR) is 100 cm³/mol. The predicted octanol–water partition coefficient (Wildman–Crippen LogP) is 2.31. The van der Waals surface area contributed by atoms with Gasteiger partial charge in [-0.15, -0.1) is 24.0 Å². The van der Waals surface area contributed by atoms with Crippen LogP contribution in [0, 0.1) is 0 Å². The molecular weight excluding hydrogens is 397 g/mol. The number of benzene rings is 1. The van der Waals surface area contributed by atoms with Gasteiger partial charge in [-0.3, -0.25) is 0 Å². The van der Waals surface area contributed by atoms with E-state index in [1.165, 1.54) is 0 Å². The van der Waals surface area contributed by atoms with Gasteiger partial charge in [0.25, 0.3) is 0 Å². The Bertz CT molecular complexity index is 470. The van der Waals surface area contributed by atoms with Crippen molar-refractivity contribution in [3.63, 3.8) is 0 Å². The van der Waals surface area contributed by atoms with Gasteiger partial charge >= 0.3 is 0 Å². The van der Waals surface area contributed by atoms with Crippen molar-refractivity contribution >= 4 is 29.9 Å². The maximum absolute atomic E-state index is 5.43. The molecule has 0 radical (unpaired) electrons. The summed E-state index contributed by atoms with van der Waals surface area (Å²) in [6.45, 7) is 0.460. The first-order chi connectivity index (χ1) is 9.94. The highest BCUT2D eigenvalue weighted by molar-refractivity contribution is 14.0. The molecule has 7 heteroatoms. The number of hydrogen-bond acceptors (Lipinski definition) is 4. The van der Waals surface area contributed by atoms with Gasteiger partial charge in [0.1, 0.15) is 17.2 Å². The lowest BCUT2D eigenvalue weighted by atomic mass is 10.1. The van der Waals surface area contributed by atoms with Crippen LogP contribution in [0.3, 0.4) is 0 Å². The molecule has 1 aromatic rings. The third-order valence-electron chi connectivity index (χ3n) is 3.00. The Hall–Kier alpha value is -1.38. The summed E-state index contributed by atoms with van der Waals surface area (Å²) in [6, 6.07) is 3.66. The van der Waals surface area contributed by atoms with Crippen LogP contribution in [0.1, 0.15) is 5.56 Å². The second-order valence-electron chi connectivity index (χ2n) is 4.92. The third-order valence-corrected chi connectivity index (χ3v) is 3.00. The molecule has 6 nitrogen and oxygen atoms in total. The van der Waals surface area contributed by atoms with Gasteiger partial charge in [0, 0.05) is 40.3 Å². The smallest absolute Gasteiger partial charge is 0.195 e. The normalized spacial score (nSPS) is 9.41. The van der Waals surface area contributed by atoms with E-state index in [4.69, 9.17) is 14.2 Å². The monoisotopic (exact) mass is 423 g/mol. The van der Waals surface area contributed by atoms with E-state index in [1.807, 2.05) is 50.1 Å². The van der Waals surface area contributed by atoms with E-state index in [9.17, 15) is 0 Å². The number of halogens is 1. The second-order valence-corrected chi connectivity index (χ2v) is 4.92. The summed E-state index contributed by atoms with van der Waals surface area (Å²) in [5, 5.41) is 0. The number of ether oxygens (including phenoxy) is 3. The summed E-state index contributed by atoms with van der Waals surface area (Å²) in [4.78, 5) is 8.55. The van der Waals surface area contributed by atoms with Gasteiger partial charge in [-0.1, -0.05) is 0 Å². The van der Waals surface area contributed by atoms with E-state index >= 15 is 0 Å². The molecule has 0 unspecified atom stereocenters. The summed E-state index contributed by atoms with van der Waals surface area (Å²) in [7, 11) is 12.7. The topological polar surface area (TPSA) is 46.5 Å². The van der Waals surface area contributed by atoms with Crippen molar-refractivity contribution in [2.24, 2.45) is 4.99 Å². The van der Waals surface area contributed by atoms with Crippen LogP contribution < -0.4 is 14.2 Å². The molecule has 0 aliphatic carbocycles. The van der Waals surface area contributed by atoms with E-state index in [2.05, 4.69) is 4.99 Å². The Labute approximate surface area is 150 Å². The molecule has 0 atom stereocenters. The first-order valence-corrected chi connectivity index (χ1v) is 6.62. The maximum Gasteiger partial charge on any atom is 0.195 e. The Kier molecular flexibility index (Phi) is 9.00. The zero-order valence-corrected chi connectivity index (χ0v) is 16.7. The fourth-order valence-electron chi connectivity index (χ4n) is 2.07. The van der Waals surface area contributed by atoms with Crippen LogP contribution in [-0.2, 0) is 6.54 Å². The first-order valence-electron chi connectivity index (χ1n) is 6.62. The van der Waals surface area contributed by atoms with Gasteiger partial charge in [-0.2, -0.15) is 0 Å². The average molecular weight is 423 g/mol. The summed E-state index contributed by atoms with van der Waals surface area (Å²) >= 11 is 0. The molecular formula is C15H26IN3O3. The van der Waals surface area contributed by atoms with E-state index in [1.54, 1.807) is 21.3 Å². The highest BCUT2D eigenvalue weighted by Crippen LogP contribution is 2.34. The molecule has 126 valence electrons. The van der Waals surface area contributed by atoms with Crippen molar-refractivity contribution in [2.75, 3.05) is 49.5 Å². The lowest BCUT2D eigenvalue weighted by Crippen LogP contribution is -2.35. The summed E-state index contributed by atoms with van der Waals surface area (Å²) in [5.74, 6) is 2.96. The Morgan fingerprint density at radius 1 is 0.909 bits per heavy atom. The van der Waals surface area contributed by atoms with Crippen molar-refractivity contribution in [3.8, 4) is 17.2 Å². The van der Waals surface area contributed by atoms with Crippen LogP contribution in [0.15, 0.2) is 17.1 Å². The molecule has 0 N–H and O–H groups in total. The minimum absolute atomic E-state index is 0. The van der Waals surface area contributed by atoms with Gasteiger partial charge in [0.15, 0.2) is 5.96 Å². The van der Waals surface area contributed by atoms with Crippen LogP contribution in [0.2, 0.25) is 0 Å². The Morgan fingerprint density at radius 2 is 1.36 bits per heavy atom. The Morgan fingerprint density at radius 3 is 1.68 bits per heavy atom. The van der Waals surface area contributed by atoms with Crippen LogP contribution >= 0.6 is 24.0 Å². The molecule has 1 aromatic carbocycles. The lowest BCUT2D eigenvalue weighted by molar-refractivity contribution is 0.368. The molecule has 0 aliphatic rings. The van der Waals surface area contributed by atoms with Gasteiger partial charge in [0.2, 0.25) is 0 Å². The molecule has 0 aromatic heterocycles. The zero-order valence-electron chi connectivity index (χ0n) is 14.3. The molecule has 1 rings (SSSR count). The van der Waals surface area contributed by atoms with E-state index in [0.29, 0.717) is 23.8 Å². The van der Waals surface area contributed by atoms with Crippen molar-refractivity contribution in [1.82, 2.24) is 9.80 Å². The van der Waals surface area contributed by atoms with Crippen LogP contribution in [0.25, 0.3) is 0 Å². The molecule has 0 saturated carbocycles. The molecule has 0 saturated heterocycles. The molecule has 0 spiro atoms. The number of methoxy groups -OCH3 is 3. The minimum Gasteiger partial charge on any atom is -0.496 e. The number of guanidine groups is 1. The van der Waals surface area contributed by atoms with Crippen LogP contribution in [0.4, 0.5) is 0 Å². The van der Waals surface area contributed by atoms with Crippen LogP contribution in [0.5, 0.6) is 17.2 Å². The number of hydrogen-bond donors (Lipinski definition) is 0. The van der Waals surface area contributed by atoms with Gasteiger partial charge in [-0.05, 0) is 0 Å². The van der Waals surface area contributed by atoms with Crippen molar-refractivity contribution in [1.29, 1.82) is 0 Å². The molecule has 0 fully saturated rings. The van der Waals surface area contributed by atoms with Crippen molar-refractivity contribution in [3.05, 3.63) is 17.7 Å². The standard InChI is InChI=1S/C15H25N3O3.HI/c1-17(2)15(18(3)4)16-10-12-13(20-6)8-11(19-5)9-14(12)21-7;/h8-9H,10H2,1-7H3;1H. The fraction of sp³-hybridized carbons (Fsp3) is 0.533. The molecule has 0 aliphatic heterocycles. The SMILES string of the molecule is COc1cc(OC)c(CN=C(N(C)C)N(C)C)c(OC)c1.I. The third kappa shape index (κ3) is 5.11. The largest absolute Gasteiger partial charge is 0.496 e. The van der Waals surface area contributed by atoms with Gasteiger partial charge < -0.3 is 24.0 Å². The van der Waals surface area contributed by atoms with Gasteiger partial charge in [-0.25, -0.2) is 4.99 Å². The zero-order chi connectivity index (χ0) is 16.0. The van der Waals surface area contributed by atoms with Gasteiger partial charge in [0.05, 0.1) is 33.4 Å². The van der Waals surface area contributed by atoms with E-state index in [0.717, 1.165) is 11.5 Å². The minimum atomic E-state index is 0. The Balaban J connectivity index is 0.00000441. The summed E-state index contributed by atoms with van der Waals surface area (Å²) in [6.07, 6.45) is 0. The number of aliphatic imine (C=N–C) groups is 1. The molecule has 0 amide bonds. The van der Waals surface area contributed by atoms with Crippen LogP contribution in [-0.4, -0.2) is 65.3 Å². The molecule has 22 heavy (non-hydrogen) atoms. The van der Waals surface area contributed by atoms with Crippen molar-refractivity contribution in [2.45, 2.75) is 6.54 Å². The first kappa shape index (κ1) is 20.6. The summed E-state index contributed by atoms with van der Waals surface area (Å²) < 4.78 is 16.1. The van der Waals surface area contributed by atoms with Crippen molar-refractivity contribution < 1.29 is 14.2 Å². The lowest BCUT2D eigenvalue weighted by Gasteiger charge is -2.23. The quantitative estimate of drug-likeness (QED) is 0.413. The molecule has 0 heterocycles. The number of nitrogens with zero attached hydrogens (tertiary/aromatic N) is 3. The highest BCUT2D eigenvalue weighted by atomic mass is 127. The average Bonchev–Trinajstić information content (AvgIpc) is 2.46. The van der Waals surface area contributed by atoms with E-state index in [-0.39, 0.29) is 24.0 Å². The van der Waals surface area contributed by atoms with E-state index < -0.39 is 0 Å². The second kappa shape index (κ2) is 9.60. The maximum atomic E-state index is 5.43. The highest BCUT2D eigenvalue weighted by Gasteiger charge is 2.14.